The molecular formula is C13H28N2O. The number of aliphatic hydroxyl groups excluding tert-OH is 1. The van der Waals surface area contributed by atoms with Crippen LogP contribution in [-0.2, 0) is 0 Å². The van der Waals surface area contributed by atoms with E-state index in [0.717, 1.165) is 19.5 Å². The lowest BCUT2D eigenvalue weighted by Gasteiger charge is -2.48. The van der Waals surface area contributed by atoms with E-state index in [2.05, 4.69) is 32.6 Å². The van der Waals surface area contributed by atoms with Crippen LogP contribution >= 0.6 is 0 Å². The Kier molecular flexibility index (Phi) is 4.77. The van der Waals surface area contributed by atoms with Crippen LogP contribution < -0.4 is 5.73 Å². The monoisotopic (exact) mass is 228 g/mol. The number of nitrogens with zero attached hydrogens (tertiary/aromatic N) is 1. The van der Waals surface area contributed by atoms with Crippen molar-refractivity contribution >= 4 is 0 Å². The molecule has 0 aliphatic carbocycles. The lowest BCUT2D eigenvalue weighted by molar-refractivity contribution is 0.0245. The first-order valence-corrected chi connectivity index (χ1v) is 6.55. The molecule has 1 unspecified atom stereocenters. The second-order valence-corrected chi connectivity index (χ2v) is 5.79. The molecule has 0 saturated carbocycles. The lowest BCUT2D eigenvalue weighted by atomic mass is 9.75. The van der Waals surface area contributed by atoms with E-state index in [0.29, 0.717) is 30.9 Å². The van der Waals surface area contributed by atoms with Gasteiger partial charge in [0.05, 0.1) is 0 Å². The van der Waals surface area contributed by atoms with Gasteiger partial charge in [-0.2, -0.15) is 0 Å². The van der Waals surface area contributed by atoms with Gasteiger partial charge in [0.2, 0.25) is 0 Å². The average molecular weight is 228 g/mol. The van der Waals surface area contributed by atoms with Crippen LogP contribution in [-0.4, -0.2) is 41.8 Å². The zero-order valence-electron chi connectivity index (χ0n) is 11.2. The van der Waals surface area contributed by atoms with Crippen molar-refractivity contribution in [3.8, 4) is 0 Å². The summed E-state index contributed by atoms with van der Waals surface area (Å²) in [5.41, 5.74) is 6.17. The van der Waals surface area contributed by atoms with E-state index < -0.39 is 0 Å². The predicted octanol–water partition coefficient (Wildman–Crippen LogP) is 1.31. The van der Waals surface area contributed by atoms with Crippen LogP contribution in [0.25, 0.3) is 0 Å². The number of nitrogens with two attached hydrogens (primary N) is 1. The van der Waals surface area contributed by atoms with Crippen molar-refractivity contribution in [3.63, 3.8) is 0 Å². The molecule has 1 atom stereocenters. The fourth-order valence-corrected chi connectivity index (χ4v) is 3.36. The second-order valence-electron chi connectivity index (χ2n) is 5.79. The van der Waals surface area contributed by atoms with Crippen LogP contribution in [0.1, 0.15) is 34.1 Å². The third-order valence-electron chi connectivity index (χ3n) is 4.46. The van der Waals surface area contributed by atoms with E-state index in [-0.39, 0.29) is 5.54 Å². The zero-order chi connectivity index (χ0) is 12.3. The highest BCUT2D eigenvalue weighted by molar-refractivity contribution is 4.99. The molecule has 0 spiro atoms. The summed E-state index contributed by atoms with van der Waals surface area (Å²) in [7, 11) is 0. The van der Waals surface area contributed by atoms with Crippen molar-refractivity contribution < 1.29 is 5.11 Å². The van der Waals surface area contributed by atoms with E-state index in [1.807, 2.05) is 0 Å². The summed E-state index contributed by atoms with van der Waals surface area (Å²) in [6.45, 7) is 12.2. The Morgan fingerprint density at radius 1 is 1.31 bits per heavy atom. The van der Waals surface area contributed by atoms with Crippen LogP contribution in [0.15, 0.2) is 0 Å². The van der Waals surface area contributed by atoms with Crippen LogP contribution in [0.3, 0.4) is 0 Å². The van der Waals surface area contributed by atoms with Crippen molar-refractivity contribution in [1.29, 1.82) is 0 Å². The topological polar surface area (TPSA) is 49.5 Å². The van der Waals surface area contributed by atoms with E-state index in [1.54, 1.807) is 0 Å². The van der Waals surface area contributed by atoms with Gasteiger partial charge in [-0.1, -0.05) is 27.7 Å². The van der Waals surface area contributed by atoms with Gasteiger partial charge in [-0.25, -0.2) is 0 Å². The van der Waals surface area contributed by atoms with Crippen molar-refractivity contribution in [3.05, 3.63) is 0 Å². The molecule has 3 nitrogen and oxygen atoms in total. The van der Waals surface area contributed by atoms with Crippen LogP contribution in [0.5, 0.6) is 0 Å². The molecule has 3 N–H and O–H groups in total. The Labute approximate surface area is 100 Å². The van der Waals surface area contributed by atoms with E-state index >= 15 is 0 Å². The Bertz CT molecular complexity index is 208. The maximum Gasteiger partial charge on any atom is 0.0471 e. The average Bonchev–Trinajstić information content (AvgIpc) is 2.67. The van der Waals surface area contributed by atoms with Crippen molar-refractivity contribution in [2.24, 2.45) is 23.5 Å². The molecule has 1 aliphatic rings. The van der Waals surface area contributed by atoms with Crippen LogP contribution in [0, 0.1) is 17.8 Å². The molecule has 1 saturated heterocycles. The summed E-state index contributed by atoms with van der Waals surface area (Å²) in [5.74, 6) is 1.55. The van der Waals surface area contributed by atoms with E-state index in [9.17, 15) is 5.11 Å². The molecule has 1 fully saturated rings. The first-order chi connectivity index (χ1) is 7.48. The minimum absolute atomic E-state index is 0.101. The molecular weight excluding hydrogens is 200 g/mol. The quantitative estimate of drug-likeness (QED) is 0.746. The predicted molar refractivity (Wildman–Crippen MR) is 68.2 cm³/mol. The van der Waals surface area contributed by atoms with Gasteiger partial charge in [0.15, 0.2) is 0 Å². The van der Waals surface area contributed by atoms with Gasteiger partial charge in [-0.15, -0.1) is 0 Å². The third kappa shape index (κ3) is 2.27. The summed E-state index contributed by atoms with van der Waals surface area (Å²) in [6.07, 6.45) is 1.11. The molecule has 0 bridgehead atoms. The lowest BCUT2D eigenvalue weighted by Crippen LogP contribution is -2.60. The molecule has 0 aromatic rings. The Hall–Kier alpha value is -0.120. The minimum Gasteiger partial charge on any atom is -0.396 e. The maximum absolute atomic E-state index is 9.24. The molecule has 1 rings (SSSR count). The zero-order valence-corrected chi connectivity index (χ0v) is 11.2. The fourth-order valence-electron chi connectivity index (χ4n) is 3.36. The molecule has 0 aromatic heterocycles. The molecule has 0 radical (unpaired) electrons. The van der Waals surface area contributed by atoms with E-state index in [4.69, 9.17) is 5.73 Å². The number of likely N-dealkylation sites (tertiary alicyclic amines) is 1. The van der Waals surface area contributed by atoms with Crippen molar-refractivity contribution in [2.45, 2.75) is 39.7 Å². The summed E-state index contributed by atoms with van der Waals surface area (Å²) < 4.78 is 0. The summed E-state index contributed by atoms with van der Waals surface area (Å²) in [4.78, 5) is 2.52. The van der Waals surface area contributed by atoms with Gasteiger partial charge in [0.25, 0.3) is 0 Å². The smallest absolute Gasteiger partial charge is 0.0471 e. The van der Waals surface area contributed by atoms with Gasteiger partial charge >= 0.3 is 0 Å². The van der Waals surface area contributed by atoms with Crippen molar-refractivity contribution in [2.75, 3.05) is 26.2 Å². The third-order valence-corrected chi connectivity index (χ3v) is 4.46. The molecule has 96 valence electrons. The second kappa shape index (κ2) is 5.48. The summed E-state index contributed by atoms with van der Waals surface area (Å²) >= 11 is 0. The van der Waals surface area contributed by atoms with Crippen LogP contribution in [0.2, 0.25) is 0 Å². The summed E-state index contributed by atoms with van der Waals surface area (Å²) in [6, 6.07) is 0. The van der Waals surface area contributed by atoms with E-state index in [1.165, 1.54) is 0 Å². The molecule has 16 heavy (non-hydrogen) atoms. The maximum atomic E-state index is 9.24. The van der Waals surface area contributed by atoms with Gasteiger partial charge < -0.3 is 10.8 Å². The highest BCUT2D eigenvalue weighted by Crippen LogP contribution is 2.35. The highest BCUT2D eigenvalue weighted by Gasteiger charge is 2.44. The molecule has 1 heterocycles. The molecule has 0 amide bonds. The molecule has 0 aromatic carbocycles. The van der Waals surface area contributed by atoms with Gasteiger partial charge in [-0.05, 0) is 30.7 Å². The number of hydrogen-bond acceptors (Lipinski definition) is 3. The largest absolute Gasteiger partial charge is 0.396 e. The van der Waals surface area contributed by atoms with Crippen LogP contribution in [0.4, 0.5) is 0 Å². The van der Waals surface area contributed by atoms with Crippen molar-refractivity contribution in [1.82, 2.24) is 4.90 Å². The molecule has 3 heteroatoms. The number of hydrogen-bond donors (Lipinski definition) is 2. The first kappa shape index (κ1) is 13.9. The fraction of sp³-hybridized carbons (Fsp3) is 1.00. The summed E-state index contributed by atoms with van der Waals surface area (Å²) in [5, 5.41) is 9.24. The molecule has 1 aliphatic heterocycles. The normalized spacial score (nSPS) is 23.6. The highest BCUT2D eigenvalue weighted by atomic mass is 16.3. The Balaban J connectivity index is 2.85. The van der Waals surface area contributed by atoms with Gasteiger partial charge in [-0.3, -0.25) is 4.90 Å². The minimum atomic E-state index is 0.101. The SMILES string of the molecule is CC(C)C(CN)(C(C)C)N1CCC(CO)C1. The number of rotatable bonds is 5. The van der Waals surface area contributed by atoms with Gasteiger partial charge in [0, 0.05) is 25.2 Å². The Morgan fingerprint density at radius 2 is 1.88 bits per heavy atom. The standard InChI is InChI=1S/C13H28N2O/c1-10(2)13(9-14,11(3)4)15-6-5-12(7-15)8-16/h10-12,16H,5-9,14H2,1-4H3. The Morgan fingerprint density at radius 3 is 2.19 bits per heavy atom. The van der Waals surface area contributed by atoms with Gasteiger partial charge in [0.1, 0.15) is 0 Å². The first-order valence-electron chi connectivity index (χ1n) is 6.55. The number of aliphatic hydroxyl groups is 1.